The Kier molecular flexibility index (Phi) is 9.68. The Morgan fingerprint density at radius 3 is 2.34 bits per heavy atom. The number of rotatable bonds is 11. The van der Waals surface area contributed by atoms with Crippen LogP contribution in [0.25, 0.3) is 11.1 Å². The van der Waals surface area contributed by atoms with Gasteiger partial charge in [0.05, 0.1) is 6.61 Å². The van der Waals surface area contributed by atoms with Crippen LogP contribution in [0.3, 0.4) is 0 Å². The van der Waals surface area contributed by atoms with Crippen LogP contribution in [0.4, 0.5) is 5.69 Å². The number of carbonyl (C=O) groups is 3. The number of nitrogens with one attached hydrogen (secondary N) is 2. The van der Waals surface area contributed by atoms with Crippen LogP contribution in [0.5, 0.6) is 11.5 Å². The summed E-state index contributed by atoms with van der Waals surface area (Å²) >= 11 is 0. The van der Waals surface area contributed by atoms with Crippen LogP contribution < -0.4 is 15.4 Å². The van der Waals surface area contributed by atoms with Crippen LogP contribution in [0.1, 0.15) is 82.1 Å². The number of imide groups is 1. The molecule has 1 fully saturated rings. The van der Waals surface area contributed by atoms with Crippen molar-refractivity contribution in [3.05, 3.63) is 149 Å². The standard InChI is InChI=1S/C45H43N3O5/c49-36-16-21-39-33(27-36)13-19-38(30-6-2-1-3-7-30)43(39)31-10-17-37(18-11-31)53-25-5-4-24-46-35-14-8-29(9-15-35)32-12-20-40-34(26-32)28-48(45(40)52)41-22-23-42(50)47-44(41)51/h1-3,6-12,14-18,20-21,26-27,38,41,43,46,49H,4-5,13,19,22-25,28H2,(H,47,50,51)/t38-,41+,43+/m1/s1. The quantitative estimate of drug-likeness (QED) is 0.0952. The van der Waals surface area contributed by atoms with Gasteiger partial charge in [0.25, 0.3) is 5.91 Å². The second-order valence-corrected chi connectivity index (χ2v) is 14.3. The monoisotopic (exact) mass is 705 g/mol. The summed E-state index contributed by atoms with van der Waals surface area (Å²) in [5.41, 5.74) is 9.74. The first kappa shape index (κ1) is 34.2. The van der Waals surface area contributed by atoms with Gasteiger partial charge in [0.2, 0.25) is 11.8 Å². The molecule has 2 heterocycles. The molecule has 8 rings (SSSR count). The lowest BCUT2D eigenvalue weighted by atomic mass is 9.69. The summed E-state index contributed by atoms with van der Waals surface area (Å²) in [4.78, 5) is 38.6. The van der Waals surface area contributed by atoms with Gasteiger partial charge in [-0.3, -0.25) is 19.7 Å². The van der Waals surface area contributed by atoms with Crippen LogP contribution in [-0.2, 0) is 22.6 Å². The zero-order valence-corrected chi connectivity index (χ0v) is 29.6. The van der Waals surface area contributed by atoms with Gasteiger partial charge in [0.1, 0.15) is 17.5 Å². The third kappa shape index (κ3) is 7.27. The number of fused-ring (bicyclic) bond motifs is 2. The summed E-state index contributed by atoms with van der Waals surface area (Å²) in [6, 6.07) is 38.6. The highest BCUT2D eigenvalue weighted by atomic mass is 16.5. The fraction of sp³-hybridized carbons (Fsp3) is 0.267. The molecule has 0 radical (unpaired) electrons. The average molecular weight is 706 g/mol. The minimum Gasteiger partial charge on any atom is -0.508 e. The largest absolute Gasteiger partial charge is 0.508 e. The van der Waals surface area contributed by atoms with E-state index in [-0.39, 0.29) is 24.2 Å². The summed E-state index contributed by atoms with van der Waals surface area (Å²) in [5, 5.41) is 16.0. The van der Waals surface area contributed by atoms with E-state index in [0.29, 0.717) is 36.8 Å². The van der Waals surface area contributed by atoms with Crippen molar-refractivity contribution in [2.75, 3.05) is 18.5 Å². The smallest absolute Gasteiger partial charge is 0.255 e. The van der Waals surface area contributed by atoms with E-state index in [1.807, 2.05) is 30.3 Å². The molecule has 3 N–H and O–H groups in total. The molecule has 1 aliphatic carbocycles. The number of aryl methyl sites for hydroxylation is 1. The number of hydrogen-bond acceptors (Lipinski definition) is 6. The molecule has 8 heteroatoms. The third-order valence-electron chi connectivity index (χ3n) is 11.0. The fourth-order valence-electron chi connectivity index (χ4n) is 8.23. The molecule has 5 aromatic carbocycles. The van der Waals surface area contributed by atoms with Crippen LogP contribution >= 0.6 is 0 Å². The first-order valence-corrected chi connectivity index (χ1v) is 18.6. The summed E-state index contributed by atoms with van der Waals surface area (Å²) < 4.78 is 6.13. The molecule has 1 saturated heterocycles. The van der Waals surface area contributed by atoms with Crippen molar-refractivity contribution in [3.63, 3.8) is 0 Å². The van der Waals surface area contributed by atoms with Gasteiger partial charge in [0.15, 0.2) is 0 Å². The second-order valence-electron chi connectivity index (χ2n) is 14.3. The minimum absolute atomic E-state index is 0.162. The number of aromatic hydroxyl groups is 1. The topological polar surface area (TPSA) is 108 Å². The van der Waals surface area contributed by atoms with Gasteiger partial charge in [-0.05, 0) is 125 Å². The molecule has 2 aliphatic heterocycles. The molecule has 8 nitrogen and oxygen atoms in total. The van der Waals surface area contributed by atoms with Gasteiger partial charge in [-0.2, -0.15) is 0 Å². The number of amides is 3. The van der Waals surface area contributed by atoms with Crippen LogP contribution in [0.15, 0.2) is 115 Å². The van der Waals surface area contributed by atoms with E-state index in [4.69, 9.17) is 4.74 Å². The molecule has 0 aromatic heterocycles. The predicted octanol–water partition coefficient (Wildman–Crippen LogP) is 7.95. The molecule has 0 unspecified atom stereocenters. The number of hydrogen-bond donors (Lipinski definition) is 3. The van der Waals surface area contributed by atoms with E-state index < -0.39 is 11.9 Å². The van der Waals surface area contributed by atoms with Crippen molar-refractivity contribution < 1.29 is 24.2 Å². The van der Waals surface area contributed by atoms with Crippen molar-refractivity contribution in [3.8, 4) is 22.6 Å². The molecule has 5 aromatic rings. The molecular weight excluding hydrogens is 663 g/mol. The number of benzene rings is 5. The highest BCUT2D eigenvalue weighted by molar-refractivity contribution is 6.05. The number of ether oxygens (including phenoxy) is 1. The van der Waals surface area contributed by atoms with E-state index in [9.17, 15) is 19.5 Å². The first-order chi connectivity index (χ1) is 25.9. The van der Waals surface area contributed by atoms with Crippen molar-refractivity contribution in [1.29, 1.82) is 0 Å². The molecule has 0 spiro atoms. The Hall–Kier alpha value is -5.89. The summed E-state index contributed by atoms with van der Waals surface area (Å²) in [7, 11) is 0. The Labute approximate surface area is 309 Å². The number of phenolic OH excluding ortho intramolecular Hbond substituents is 1. The van der Waals surface area contributed by atoms with Crippen LogP contribution in [0, 0.1) is 0 Å². The Morgan fingerprint density at radius 1 is 0.755 bits per heavy atom. The van der Waals surface area contributed by atoms with Crippen LogP contribution in [-0.4, -0.2) is 46.9 Å². The Balaban J connectivity index is 0.814. The summed E-state index contributed by atoms with van der Waals surface area (Å²) in [6.07, 6.45) is 4.48. The lowest BCUT2D eigenvalue weighted by Crippen LogP contribution is -2.52. The van der Waals surface area contributed by atoms with Gasteiger partial charge in [0, 0.05) is 36.7 Å². The number of phenols is 1. The normalized spacial score (nSPS) is 19.4. The Bertz CT molecular complexity index is 2130. The van der Waals surface area contributed by atoms with Crippen molar-refractivity contribution >= 4 is 23.4 Å². The van der Waals surface area contributed by atoms with E-state index >= 15 is 0 Å². The molecule has 53 heavy (non-hydrogen) atoms. The maximum absolute atomic E-state index is 13.1. The van der Waals surface area contributed by atoms with E-state index in [0.717, 1.165) is 60.4 Å². The molecule has 0 saturated carbocycles. The summed E-state index contributed by atoms with van der Waals surface area (Å²) in [6.45, 7) is 1.83. The van der Waals surface area contributed by atoms with Crippen molar-refractivity contribution in [2.45, 2.75) is 62.9 Å². The van der Waals surface area contributed by atoms with Gasteiger partial charge in [-0.1, -0.05) is 66.7 Å². The number of anilines is 1. The zero-order chi connectivity index (χ0) is 36.3. The predicted molar refractivity (Wildman–Crippen MR) is 205 cm³/mol. The molecule has 3 atom stereocenters. The zero-order valence-electron chi connectivity index (χ0n) is 29.6. The molecule has 268 valence electrons. The maximum atomic E-state index is 13.1. The van der Waals surface area contributed by atoms with E-state index in [1.165, 1.54) is 22.3 Å². The van der Waals surface area contributed by atoms with Gasteiger partial charge >= 0.3 is 0 Å². The second kappa shape index (κ2) is 15.0. The lowest BCUT2D eigenvalue weighted by molar-refractivity contribution is -0.136. The first-order valence-electron chi connectivity index (χ1n) is 18.6. The van der Waals surface area contributed by atoms with Crippen molar-refractivity contribution in [2.24, 2.45) is 0 Å². The minimum atomic E-state index is -0.614. The van der Waals surface area contributed by atoms with Gasteiger partial charge in [-0.15, -0.1) is 0 Å². The van der Waals surface area contributed by atoms with Crippen molar-refractivity contribution in [1.82, 2.24) is 10.2 Å². The number of carbonyl (C=O) groups excluding carboxylic acids is 3. The number of unbranched alkanes of at least 4 members (excludes halogenated alkanes) is 1. The lowest BCUT2D eigenvalue weighted by Gasteiger charge is -2.34. The number of nitrogens with zero attached hydrogens (tertiary/aromatic N) is 1. The van der Waals surface area contributed by atoms with Gasteiger partial charge < -0.3 is 20.1 Å². The molecule has 3 amide bonds. The molecule has 0 bridgehead atoms. The van der Waals surface area contributed by atoms with Gasteiger partial charge in [-0.25, -0.2) is 0 Å². The van der Waals surface area contributed by atoms with E-state index in [2.05, 4.69) is 95.6 Å². The fourth-order valence-corrected chi connectivity index (χ4v) is 8.23. The third-order valence-corrected chi connectivity index (χ3v) is 11.0. The number of piperidine rings is 1. The van der Waals surface area contributed by atoms with Crippen LogP contribution in [0.2, 0.25) is 0 Å². The molecular formula is C45H43N3O5. The average Bonchev–Trinajstić information content (AvgIpc) is 3.51. The highest BCUT2D eigenvalue weighted by Crippen LogP contribution is 2.47. The SMILES string of the molecule is O=C1CC[C@H](N2Cc3cc(-c4ccc(NCCCCOc5ccc([C@@H]6c7ccc(O)cc7CC[C@@H]6c6ccccc6)cc5)cc4)ccc3C2=O)C(=O)N1. The highest BCUT2D eigenvalue weighted by Gasteiger charge is 2.39. The maximum Gasteiger partial charge on any atom is 0.255 e. The molecule has 3 aliphatic rings. The Morgan fingerprint density at radius 2 is 1.55 bits per heavy atom. The summed E-state index contributed by atoms with van der Waals surface area (Å²) in [5.74, 6) is 0.937. The van der Waals surface area contributed by atoms with E-state index in [1.54, 1.807) is 4.90 Å².